The van der Waals surface area contributed by atoms with Gasteiger partial charge in [0.1, 0.15) is 0 Å². The second-order valence-corrected chi connectivity index (χ2v) is 6.63. The van der Waals surface area contributed by atoms with E-state index < -0.39 is 0 Å². The molecule has 0 aromatic heterocycles. The topological polar surface area (TPSA) is 55.8 Å². The normalized spacial score (nSPS) is 16.1. The third-order valence-corrected chi connectivity index (χ3v) is 4.87. The predicted octanol–water partition coefficient (Wildman–Crippen LogP) is 3.78. The van der Waals surface area contributed by atoms with Crippen molar-refractivity contribution in [1.29, 1.82) is 0 Å². The summed E-state index contributed by atoms with van der Waals surface area (Å²) in [7, 11) is 1.37. The van der Waals surface area contributed by atoms with Gasteiger partial charge in [-0.1, -0.05) is 24.3 Å². The molecule has 2 aromatic rings. The highest BCUT2D eigenvalue weighted by Crippen LogP contribution is 2.22. The second kappa shape index (κ2) is 8.82. The van der Waals surface area contributed by atoms with Crippen LogP contribution in [-0.2, 0) is 9.47 Å². The van der Waals surface area contributed by atoms with E-state index in [0.29, 0.717) is 24.2 Å². The van der Waals surface area contributed by atoms with Crippen molar-refractivity contribution in [1.82, 2.24) is 4.90 Å². The Labute approximate surface area is 159 Å². The zero-order valence-corrected chi connectivity index (χ0v) is 15.8. The summed E-state index contributed by atoms with van der Waals surface area (Å²) >= 11 is 0. The molecule has 142 valence electrons. The summed E-state index contributed by atoms with van der Waals surface area (Å²) in [5.74, 6) is -0.348. The fraction of sp³-hybridized carbons (Fsp3) is 0.364. The standard InChI is InChI=1S/C22H25NO4/c1-3-23(15-20-8-5-13-27-20)21(24)17-11-9-16(10-12-17)18-6-4-7-19(14-18)22(25)26-2/h4,6-7,9-12,14,20H,3,5,8,13,15H2,1-2H3. The SMILES string of the molecule is CCN(CC1CCCO1)C(=O)c1ccc(-c2cccc(C(=O)OC)c2)cc1. The van der Waals surface area contributed by atoms with Crippen molar-refractivity contribution in [2.24, 2.45) is 0 Å². The van der Waals surface area contributed by atoms with Crippen molar-refractivity contribution >= 4 is 11.9 Å². The second-order valence-electron chi connectivity index (χ2n) is 6.63. The largest absolute Gasteiger partial charge is 0.465 e. The molecule has 1 heterocycles. The molecular weight excluding hydrogens is 342 g/mol. The Balaban J connectivity index is 1.74. The van der Waals surface area contributed by atoms with Gasteiger partial charge >= 0.3 is 5.97 Å². The first-order chi connectivity index (χ1) is 13.1. The molecule has 0 bridgehead atoms. The zero-order chi connectivity index (χ0) is 19.2. The number of methoxy groups -OCH3 is 1. The average molecular weight is 367 g/mol. The number of carbonyl (C=O) groups is 2. The van der Waals surface area contributed by atoms with E-state index in [-0.39, 0.29) is 18.0 Å². The monoisotopic (exact) mass is 367 g/mol. The summed E-state index contributed by atoms with van der Waals surface area (Å²) in [5.41, 5.74) is 3.01. The Morgan fingerprint density at radius 1 is 1.11 bits per heavy atom. The number of benzene rings is 2. The van der Waals surface area contributed by atoms with Gasteiger partial charge in [-0.15, -0.1) is 0 Å². The van der Waals surface area contributed by atoms with Gasteiger partial charge in [-0.3, -0.25) is 4.79 Å². The first-order valence-electron chi connectivity index (χ1n) is 9.32. The van der Waals surface area contributed by atoms with Gasteiger partial charge in [-0.2, -0.15) is 0 Å². The van der Waals surface area contributed by atoms with Gasteiger partial charge in [0.05, 0.1) is 18.8 Å². The molecule has 5 nitrogen and oxygen atoms in total. The van der Waals surface area contributed by atoms with Gasteiger partial charge in [0, 0.05) is 25.3 Å². The maximum absolute atomic E-state index is 12.8. The maximum Gasteiger partial charge on any atom is 0.337 e. The molecule has 1 aliphatic heterocycles. The Kier molecular flexibility index (Phi) is 6.24. The molecule has 27 heavy (non-hydrogen) atoms. The van der Waals surface area contributed by atoms with E-state index in [9.17, 15) is 9.59 Å². The number of likely N-dealkylation sites (N-methyl/N-ethyl adjacent to an activating group) is 1. The third-order valence-electron chi connectivity index (χ3n) is 4.87. The number of hydrogen-bond acceptors (Lipinski definition) is 4. The third kappa shape index (κ3) is 4.55. The molecule has 2 aromatic carbocycles. The van der Waals surface area contributed by atoms with Gasteiger partial charge in [-0.25, -0.2) is 4.79 Å². The average Bonchev–Trinajstić information content (AvgIpc) is 3.24. The van der Waals surface area contributed by atoms with E-state index in [4.69, 9.17) is 9.47 Å². The Hall–Kier alpha value is -2.66. The van der Waals surface area contributed by atoms with Crippen LogP contribution in [0.15, 0.2) is 48.5 Å². The van der Waals surface area contributed by atoms with Crippen molar-refractivity contribution < 1.29 is 19.1 Å². The fourth-order valence-electron chi connectivity index (χ4n) is 3.32. The molecular formula is C22H25NO4. The fourth-order valence-corrected chi connectivity index (χ4v) is 3.32. The highest BCUT2D eigenvalue weighted by molar-refractivity contribution is 5.95. The summed E-state index contributed by atoms with van der Waals surface area (Å²) in [6.07, 6.45) is 2.23. The van der Waals surface area contributed by atoms with Gasteiger partial charge in [-0.05, 0) is 55.2 Å². The van der Waals surface area contributed by atoms with E-state index in [2.05, 4.69) is 0 Å². The van der Waals surface area contributed by atoms with Crippen LogP contribution in [0.2, 0.25) is 0 Å². The summed E-state index contributed by atoms with van der Waals surface area (Å²) in [6.45, 7) is 4.06. The van der Waals surface area contributed by atoms with Crippen LogP contribution in [0.5, 0.6) is 0 Å². The molecule has 0 radical (unpaired) electrons. The molecule has 3 rings (SSSR count). The van der Waals surface area contributed by atoms with Crippen LogP contribution in [0.3, 0.4) is 0 Å². The number of carbonyl (C=O) groups excluding carboxylic acids is 2. The summed E-state index contributed by atoms with van der Waals surface area (Å²) < 4.78 is 10.4. The maximum atomic E-state index is 12.8. The number of rotatable bonds is 6. The number of nitrogens with zero attached hydrogens (tertiary/aromatic N) is 1. The van der Waals surface area contributed by atoms with E-state index in [1.165, 1.54) is 7.11 Å². The van der Waals surface area contributed by atoms with Crippen molar-refractivity contribution in [2.75, 3.05) is 26.8 Å². The van der Waals surface area contributed by atoms with E-state index in [1.54, 1.807) is 12.1 Å². The van der Waals surface area contributed by atoms with Gasteiger partial charge in [0.15, 0.2) is 0 Å². The summed E-state index contributed by atoms with van der Waals surface area (Å²) in [6, 6.07) is 14.7. The van der Waals surface area contributed by atoms with E-state index in [1.807, 2.05) is 48.2 Å². The van der Waals surface area contributed by atoms with Gasteiger partial charge in [0.2, 0.25) is 0 Å². The van der Waals surface area contributed by atoms with Gasteiger partial charge in [0.25, 0.3) is 5.91 Å². The Bertz CT molecular complexity index is 794. The molecule has 0 spiro atoms. The lowest BCUT2D eigenvalue weighted by Crippen LogP contribution is -2.37. The highest BCUT2D eigenvalue weighted by atomic mass is 16.5. The van der Waals surface area contributed by atoms with E-state index in [0.717, 1.165) is 30.6 Å². The van der Waals surface area contributed by atoms with Crippen LogP contribution in [0.1, 0.15) is 40.5 Å². The lowest BCUT2D eigenvalue weighted by molar-refractivity contribution is 0.0539. The van der Waals surface area contributed by atoms with Crippen LogP contribution >= 0.6 is 0 Å². The summed E-state index contributed by atoms with van der Waals surface area (Å²) in [4.78, 5) is 26.3. The molecule has 0 saturated carbocycles. The molecule has 1 amide bonds. The molecule has 0 aliphatic carbocycles. The number of esters is 1. The minimum absolute atomic E-state index is 0.0165. The Morgan fingerprint density at radius 2 is 1.89 bits per heavy atom. The predicted molar refractivity (Wildman–Crippen MR) is 104 cm³/mol. The van der Waals surface area contributed by atoms with Crippen LogP contribution in [-0.4, -0.2) is 49.7 Å². The zero-order valence-electron chi connectivity index (χ0n) is 15.8. The molecule has 1 fully saturated rings. The van der Waals surface area contributed by atoms with Crippen molar-refractivity contribution in [3.63, 3.8) is 0 Å². The Morgan fingerprint density at radius 3 is 2.52 bits per heavy atom. The summed E-state index contributed by atoms with van der Waals surface area (Å²) in [5, 5.41) is 0. The van der Waals surface area contributed by atoms with Crippen LogP contribution < -0.4 is 0 Å². The molecule has 1 unspecified atom stereocenters. The molecule has 0 N–H and O–H groups in total. The molecule has 5 heteroatoms. The number of ether oxygens (including phenoxy) is 2. The van der Waals surface area contributed by atoms with Crippen molar-refractivity contribution in [3.8, 4) is 11.1 Å². The first-order valence-corrected chi connectivity index (χ1v) is 9.32. The van der Waals surface area contributed by atoms with E-state index >= 15 is 0 Å². The lowest BCUT2D eigenvalue weighted by Gasteiger charge is -2.24. The van der Waals surface area contributed by atoms with Crippen LogP contribution in [0, 0.1) is 0 Å². The number of amides is 1. The van der Waals surface area contributed by atoms with Crippen LogP contribution in [0.4, 0.5) is 0 Å². The smallest absolute Gasteiger partial charge is 0.337 e. The molecule has 1 atom stereocenters. The quantitative estimate of drug-likeness (QED) is 0.729. The number of hydrogen-bond donors (Lipinski definition) is 0. The van der Waals surface area contributed by atoms with Crippen LogP contribution in [0.25, 0.3) is 11.1 Å². The molecule has 1 aliphatic rings. The minimum Gasteiger partial charge on any atom is -0.465 e. The van der Waals surface area contributed by atoms with Crippen molar-refractivity contribution in [2.45, 2.75) is 25.9 Å². The lowest BCUT2D eigenvalue weighted by atomic mass is 10.0. The minimum atomic E-state index is -0.364. The van der Waals surface area contributed by atoms with Crippen molar-refractivity contribution in [3.05, 3.63) is 59.7 Å². The molecule has 1 saturated heterocycles. The highest BCUT2D eigenvalue weighted by Gasteiger charge is 2.22. The van der Waals surface area contributed by atoms with Gasteiger partial charge < -0.3 is 14.4 Å². The first kappa shape index (κ1) is 19.1.